The predicted molar refractivity (Wildman–Crippen MR) is 117 cm³/mol. The van der Waals surface area contributed by atoms with Crippen LogP contribution >= 0.6 is 34.5 Å². The van der Waals surface area contributed by atoms with Gasteiger partial charge < -0.3 is 5.32 Å². The Labute approximate surface area is 180 Å². The van der Waals surface area contributed by atoms with Gasteiger partial charge in [-0.1, -0.05) is 65.7 Å². The van der Waals surface area contributed by atoms with Gasteiger partial charge >= 0.3 is 0 Å². The molecule has 2 heterocycles. The first-order valence-electron chi connectivity index (χ1n) is 8.48. The first kappa shape index (κ1) is 19.3. The molecule has 6 nitrogen and oxygen atoms in total. The van der Waals surface area contributed by atoms with E-state index in [4.69, 9.17) is 23.2 Å². The van der Waals surface area contributed by atoms with E-state index in [0.717, 1.165) is 10.4 Å². The Balaban J connectivity index is 1.77. The van der Waals surface area contributed by atoms with Crippen LogP contribution in [0, 0.1) is 0 Å². The molecule has 0 aliphatic heterocycles. The van der Waals surface area contributed by atoms with Crippen molar-refractivity contribution in [3.8, 4) is 11.4 Å². The van der Waals surface area contributed by atoms with E-state index in [-0.39, 0.29) is 10.7 Å². The van der Waals surface area contributed by atoms with E-state index in [0.29, 0.717) is 16.5 Å². The molecule has 0 aliphatic carbocycles. The Bertz CT molecular complexity index is 1170. The second kappa shape index (κ2) is 8.57. The number of hydrogen-bond donors (Lipinski definition) is 1. The van der Waals surface area contributed by atoms with E-state index in [1.807, 2.05) is 47.8 Å². The molecule has 0 saturated heterocycles. The highest BCUT2D eigenvalue weighted by molar-refractivity contribution is 7.10. The number of nitrogens with zero attached hydrogens (tertiary/aromatic N) is 4. The minimum absolute atomic E-state index is 0.243. The number of tetrazole rings is 1. The van der Waals surface area contributed by atoms with Crippen molar-refractivity contribution in [1.82, 2.24) is 20.2 Å². The van der Waals surface area contributed by atoms with Crippen molar-refractivity contribution >= 4 is 57.9 Å². The zero-order valence-electron chi connectivity index (χ0n) is 14.8. The van der Waals surface area contributed by atoms with Gasteiger partial charge in [0.1, 0.15) is 5.70 Å². The van der Waals surface area contributed by atoms with Crippen molar-refractivity contribution < 1.29 is 4.79 Å². The molecule has 0 fully saturated rings. The van der Waals surface area contributed by atoms with Gasteiger partial charge in [-0.3, -0.25) is 4.79 Å². The largest absolute Gasteiger partial charge is 0.319 e. The molecule has 144 valence electrons. The lowest BCUT2D eigenvalue weighted by Crippen LogP contribution is -2.19. The lowest BCUT2D eigenvalue weighted by atomic mass is 10.2. The molecule has 9 heteroatoms. The molecule has 0 atom stereocenters. The summed E-state index contributed by atoms with van der Waals surface area (Å²) in [6.45, 7) is 0. The average Bonchev–Trinajstić information content (AvgIpc) is 3.42. The van der Waals surface area contributed by atoms with Crippen LogP contribution in [0.2, 0.25) is 10.0 Å². The molecule has 2 aromatic heterocycles. The Kier molecular flexibility index (Phi) is 5.71. The maximum atomic E-state index is 13.2. The minimum atomic E-state index is -0.424. The van der Waals surface area contributed by atoms with Crippen molar-refractivity contribution in [2.75, 3.05) is 5.32 Å². The number of thiophene rings is 1. The Morgan fingerprint density at radius 3 is 2.62 bits per heavy atom. The van der Waals surface area contributed by atoms with Crippen molar-refractivity contribution in [3.05, 3.63) is 81.0 Å². The van der Waals surface area contributed by atoms with E-state index in [2.05, 4.69) is 20.8 Å². The number of rotatable bonds is 5. The van der Waals surface area contributed by atoms with E-state index in [1.54, 1.807) is 24.3 Å². The maximum absolute atomic E-state index is 13.2. The number of benzene rings is 2. The maximum Gasteiger partial charge on any atom is 0.274 e. The monoisotopic (exact) mass is 441 g/mol. The molecule has 0 radical (unpaired) electrons. The van der Waals surface area contributed by atoms with Crippen LogP contribution in [-0.2, 0) is 4.79 Å². The van der Waals surface area contributed by atoms with Crippen LogP contribution in [0.5, 0.6) is 0 Å². The van der Waals surface area contributed by atoms with Crippen LogP contribution in [0.4, 0.5) is 5.69 Å². The van der Waals surface area contributed by atoms with Crippen LogP contribution < -0.4 is 5.32 Å². The molecule has 0 aliphatic rings. The molecule has 4 rings (SSSR count). The van der Waals surface area contributed by atoms with Gasteiger partial charge in [0.2, 0.25) is 0 Å². The number of carbonyl (C=O) groups excluding carboxylic acids is 1. The van der Waals surface area contributed by atoms with Gasteiger partial charge in [-0.2, -0.15) is 4.68 Å². The summed E-state index contributed by atoms with van der Waals surface area (Å²) in [5.74, 6) is 0.0211. The van der Waals surface area contributed by atoms with Crippen molar-refractivity contribution in [2.45, 2.75) is 0 Å². The highest BCUT2D eigenvalue weighted by atomic mass is 35.5. The number of halogens is 2. The van der Waals surface area contributed by atoms with E-state index >= 15 is 0 Å². The summed E-state index contributed by atoms with van der Waals surface area (Å²) < 4.78 is 1.41. The quantitative estimate of drug-likeness (QED) is 0.423. The number of hydrogen-bond acceptors (Lipinski definition) is 5. The van der Waals surface area contributed by atoms with Crippen LogP contribution in [0.1, 0.15) is 4.88 Å². The topological polar surface area (TPSA) is 72.7 Å². The number of aromatic nitrogens is 4. The standard InChI is InChI=1S/C20H13Cl2N5OS/c21-15-9-4-10-16(18(15)22)23-20(28)17(12-14-8-5-11-29-14)27-19(24-25-26-27)13-6-2-1-3-7-13/h1-12H,(H,23,28)/b17-12-. The Morgan fingerprint density at radius 1 is 1.03 bits per heavy atom. The van der Waals surface area contributed by atoms with Crippen LogP contribution in [0.15, 0.2) is 66.0 Å². The molecule has 4 aromatic rings. The van der Waals surface area contributed by atoms with Crippen molar-refractivity contribution in [2.24, 2.45) is 0 Å². The van der Waals surface area contributed by atoms with Gasteiger partial charge in [-0.15, -0.1) is 16.4 Å². The van der Waals surface area contributed by atoms with Crippen molar-refractivity contribution in [3.63, 3.8) is 0 Å². The molecule has 1 amide bonds. The van der Waals surface area contributed by atoms with Gasteiger partial charge in [-0.25, -0.2) is 0 Å². The third-order valence-corrected chi connectivity index (χ3v) is 5.62. The summed E-state index contributed by atoms with van der Waals surface area (Å²) in [6.07, 6.45) is 1.72. The van der Waals surface area contributed by atoms with Crippen LogP contribution in [0.3, 0.4) is 0 Å². The second-order valence-electron chi connectivity index (χ2n) is 5.88. The smallest absolute Gasteiger partial charge is 0.274 e. The highest BCUT2D eigenvalue weighted by Gasteiger charge is 2.20. The van der Waals surface area contributed by atoms with E-state index in [1.165, 1.54) is 16.0 Å². The number of amides is 1. The first-order valence-corrected chi connectivity index (χ1v) is 10.1. The summed E-state index contributed by atoms with van der Waals surface area (Å²) in [4.78, 5) is 14.1. The lowest BCUT2D eigenvalue weighted by molar-refractivity contribution is -0.111. The molecule has 0 unspecified atom stereocenters. The fourth-order valence-electron chi connectivity index (χ4n) is 2.63. The number of anilines is 1. The van der Waals surface area contributed by atoms with E-state index < -0.39 is 5.91 Å². The number of nitrogens with one attached hydrogen (secondary N) is 1. The normalized spacial score (nSPS) is 11.4. The fourth-order valence-corrected chi connectivity index (χ4v) is 3.63. The third-order valence-electron chi connectivity index (χ3n) is 3.98. The average molecular weight is 442 g/mol. The number of carbonyl (C=O) groups is 1. The summed E-state index contributed by atoms with van der Waals surface area (Å²) in [6, 6.07) is 18.2. The first-order chi connectivity index (χ1) is 14.1. The second-order valence-corrected chi connectivity index (χ2v) is 7.65. The molecular formula is C20H13Cl2N5OS. The predicted octanol–water partition coefficient (Wildman–Crippen LogP) is 5.35. The molecule has 0 spiro atoms. The van der Waals surface area contributed by atoms with Gasteiger partial charge in [0.25, 0.3) is 5.91 Å². The molecule has 0 saturated carbocycles. The zero-order chi connectivity index (χ0) is 20.2. The molecule has 29 heavy (non-hydrogen) atoms. The minimum Gasteiger partial charge on any atom is -0.319 e. The van der Waals surface area contributed by atoms with Crippen LogP contribution in [0.25, 0.3) is 23.2 Å². The SMILES string of the molecule is O=C(Nc1cccc(Cl)c1Cl)/C(=C/c1cccs1)n1nnnc1-c1ccccc1. The summed E-state index contributed by atoms with van der Waals surface area (Å²) >= 11 is 13.8. The summed E-state index contributed by atoms with van der Waals surface area (Å²) in [5.41, 5.74) is 1.42. The van der Waals surface area contributed by atoms with Crippen molar-refractivity contribution in [1.29, 1.82) is 0 Å². The third kappa shape index (κ3) is 4.22. The Hall–Kier alpha value is -3.00. The summed E-state index contributed by atoms with van der Waals surface area (Å²) in [5, 5.41) is 17.2. The van der Waals surface area contributed by atoms with Crippen LogP contribution in [-0.4, -0.2) is 26.1 Å². The highest BCUT2D eigenvalue weighted by Crippen LogP contribution is 2.30. The van der Waals surface area contributed by atoms with Gasteiger partial charge in [-0.05, 0) is 40.1 Å². The fraction of sp³-hybridized carbons (Fsp3) is 0. The van der Waals surface area contributed by atoms with Gasteiger partial charge in [0.05, 0.1) is 15.7 Å². The lowest BCUT2D eigenvalue weighted by Gasteiger charge is -2.12. The van der Waals surface area contributed by atoms with E-state index in [9.17, 15) is 4.79 Å². The zero-order valence-corrected chi connectivity index (χ0v) is 17.1. The van der Waals surface area contributed by atoms with Gasteiger partial charge in [0.15, 0.2) is 5.82 Å². The molecule has 2 aromatic carbocycles. The molecule has 0 bridgehead atoms. The molecular weight excluding hydrogens is 429 g/mol. The summed E-state index contributed by atoms with van der Waals surface area (Å²) in [7, 11) is 0. The van der Waals surface area contributed by atoms with Gasteiger partial charge in [0, 0.05) is 10.4 Å². The Morgan fingerprint density at radius 2 is 1.86 bits per heavy atom. The molecule has 1 N–H and O–H groups in total.